The number of anilines is 2. The average molecular weight is 917 g/mol. The molecule has 3 N–H and O–H groups in total. The first-order valence-electron chi connectivity index (χ1n) is 18.1. The van der Waals surface area contributed by atoms with Gasteiger partial charge in [-0.15, -0.1) is 22.7 Å². The lowest BCUT2D eigenvalue weighted by Gasteiger charge is -2.09. The highest BCUT2D eigenvalue weighted by Crippen LogP contribution is 2.26. The monoisotopic (exact) mass is 916 g/mol. The third-order valence-electron chi connectivity index (χ3n) is 8.83. The zero-order valence-corrected chi connectivity index (χ0v) is 35.2. The van der Waals surface area contributed by atoms with Crippen molar-refractivity contribution in [3.05, 3.63) is 188 Å². The smallest absolute Gasteiger partial charge is 0.335 e. The number of carbonyl (C=O) groups is 3. The van der Waals surface area contributed by atoms with E-state index < -0.39 is 5.97 Å². The number of rotatable bonds is 11. The number of aryl methyl sites for hydroxylation is 2. The van der Waals surface area contributed by atoms with E-state index in [0.29, 0.717) is 30.2 Å². The number of carboxylic acids is 1. The fraction of sp³-hybridized carbons (Fsp3) is 0.0889. The van der Waals surface area contributed by atoms with Crippen LogP contribution in [0.4, 0.5) is 11.4 Å². The molecule has 4 aromatic heterocycles. The highest BCUT2D eigenvalue weighted by atomic mass is 127. The van der Waals surface area contributed by atoms with Crippen LogP contribution < -0.4 is 10.6 Å². The van der Waals surface area contributed by atoms with Crippen molar-refractivity contribution in [3.63, 3.8) is 0 Å². The normalized spacial score (nSPS) is 10.7. The van der Waals surface area contributed by atoms with Crippen LogP contribution in [0.2, 0.25) is 0 Å². The number of nitrogens with one attached hydrogen (secondary N) is 2. The number of carbonyl (C=O) groups excluding carboxylic acids is 2. The summed E-state index contributed by atoms with van der Waals surface area (Å²) in [6.07, 6.45) is 3.91. The molecule has 4 aromatic carbocycles. The van der Waals surface area contributed by atoms with Crippen molar-refractivity contribution in [2.45, 2.75) is 26.9 Å². The van der Waals surface area contributed by atoms with Crippen molar-refractivity contribution in [3.8, 4) is 21.1 Å². The number of hydrogen-bond acceptors (Lipinski definition) is 7. The van der Waals surface area contributed by atoms with Crippen LogP contribution in [0.5, 0.6) is 0 Å². The zero-order chi connectivity index (χ0) is 40.6. The molecule has 0 bridgehead atoms. The predicted octanol–water partition coefficient (Wildman–Crippen LogP) is 10.7. The Labute approximate surface area is 357 Å². The molecule has 58 heavy (non-hydrogen) atoms. The minimum Gasteiger partial charge on any atom is -0.478 e. The molecule has 2 amide bonds. The second kappa shape index (κ2) is 18.4. The minimum atomic E-state index is -1.00. The first kappa shape index (κ1) is 40.1. The van der Waals surface area contributed by atoms with Gasteiger partial charge in [0.15, 0.2) is 0 Å². The summed E-state index contributed by atoms with van der Waals surface area (Å²) in [5.41, 5.74) is 8.67. The fourth-order valence-corrected chi connectivity index (χ4v) is 8.10. The SMILES string of the molecule is Cc1cc(C(=O)Nc2ccc(C(=O)O)cc2)n(Cc2csc(-c3ccccc3)n2)c1.Cc1cc(C(=O)Nc2ccc(I)cc2)n(Cc2csc(-c3ccccc3)n2)c1. The van der Waals surface area contributed by atoms with Gasteiger partial charge in [0.25, 0.3) is 11.8 Å². The zero-order valence-electron chi connectivity index (χ0n) is 31.4. The van der Waals surface area contributed by atoms with Crippen molar-refractivity contribution >= 4 is 74.4 Å². The summed E-state index contributed by atoms with van der Waals surface area (Å²) in [5, 5.41) is 20.8. The molecule has 0 saturated heterocycles. The lowest BCUT2D eigenvalue weighted by Crippen LogP contribution is -2.17. The Morgan fingerprint density at radius 1 is 0.621 bits per heavy atom. The number of halogens is 1. The topological polar surface area (TPSA) is 131 Å². The van der Waals surface area contributed by atoms with Crippen LogP contribution in [0.25, 0.3) is 21.1 Å². The van der Waals surface area contributed by atoms with Crippen LogP contribution in [0.3, 0.4) is 0 Å². The van der Waals surface area contributed by atoms with Gasteiger partial charge in [0.1, 0.15) is 21.4 Å². The lowest BCUT2D eigenvalue weighted by atomic mass is 10.2. The molecular formula is C45H37IN6O4S2. The van der Waals surface area contributed by atoms with E-state index in [2.05, 4.69) is 50.7 Å². The summed E-state index contributed by atoms with van der Waals surface area (Å²) in [4.78, 5) is 46.0. The number of thiazole rings is 2. The second-order valence-corrected chi connectivity index (χ2v) is 16.3. The molecule has 13 heteroatoms. The summed E-state index contributed by atoms with van der Waals surface area (Å²) < 4.78 is 4.97. The van der Waals surface area contributed by atoms with E-state index in [1.165, 1.54) is 12.1 Å². The fourth-order valence-electron chi connectivity index (χ4n) is 6.11. The highest BCUT2D eigenvalue weighted by molar-refractivity contribution is 14.1. The van der Waals surface area contributed by atoms with Gasteiger partial charge in [0, 0.05) is 49.2 Å². The number of amides is 2. The van der Waals surface area contributed by atoms with Gasteiger partial charge in [-0.2, -0.15) is 0 Å². The van der Waals surface area contributed by atoms with Crippen LogP contribution in [-0.4, -0.2) is 42.0 Å². The third-order valence-corrected chi connectivity index (χ3v) is 11.4. The first-order chi connectivity index (χ1) is 28.1. The second-order valence-electron chi connectivity index (χ2n) is 13.4. The van der Waals surface area contributed by atoms with Gasteiger partial charge in [-0.25, -0.2) is 14.8 Å². The van der Waals surface area contributed by atoms with E-state index >= 15 is 0 Å². The van der Waals surface area contributed by atoms with Crippen molar-refractivity contribution in [2.75, 3.05) is 10.6 Å². The molecule has 8 rings (SSSR count). The van der Waals surface area contributed by atoms with Gasteiger partial charge >= 0.3 is 5.97 Å². The van der Waals surface area contributed by atoms with Gasteiger partial charge in [-0.1, -0.05) is 60.7 Å². The molecule has 4 heterocycles. The van der Waals surface area contributed by atoms with Gasteiger partial charge < -0.3 is 24.9 Å². The molecule has 0 atom stereocenters. The number of aromatic nitrogens is 4. The number of nitrogens with zero attached hydrogens (tertiary/aromatic N) is 4. The molecule has 10 nitrogen and oxygen atoms in total. The molecule has 0 aliphatic carbocycles. The van der Waals surface area contributed by atoms with Crippen LogP contribution >= 0.6 is 45.3 Å². The molecule has 0 spiro atoms. The maximum absolute atomic E-state index is 12.8. The predicted molar refractivity (Wildman–Crippen MR) is 240 cm³/mol. The standard InChI is InChI=1S/C23H19N3O3S.C22H18IN3OS/c1-15-11-20(21(27)24-18-9-7-17(8-10-18)23(28)29)26(12-15)13-19-14-30-22(25-19)16-5-3-2-4-6-16;1-15-11-20(21(27)24-18-9-7-17(23)8-10-18)26(12-15)13-19-14-28-22(25-19)16-5-3-2-4-6-16/h2-12,14H,13H2,1H3,(H,24,27)(H,28,29);2-12,14H,13H2,1H3,(H,24,27). The Bertz CT molecular complexity index is 2670. The highest BCUT2D eigenvalue weighted by Gasteiger charge is 2.17. The molecule has 0 aliphatic rings. The summed E-state index contributed by atoms with van der Waals surface area (Å²) in [5.74, 6) is -1.38. The average Bonchev–Trinajstić information content (AvgIpc) is 4.05. The summed E-state index contributed by atoms with van der Waals surface area (Å²) in [7, 11) is 0. The van der Waals surface area contributed by atoms with Crippen LogP contribution in [0, 0.1) is 17.4 Å². The van der Waals surface area contributed by atoms with E-state index in [9.17, 15) is 14.4 Å². The maximum Gasteiger partial charge on any atom is 0.335 e. The third kappa shape index (κ3) is 10.2. The minimum absolute atomic E-state index is 0.118. The van der Waals surface area contributed by atoms with E-state index in [1.807, 2.05) is 126 Å². The number of hydrogen-bond donors (Lipinski definition) is 3. The molecule has 0 saturated carbocycles. The molecule has 290 valence electrons. The number of carboxylic acid groups (broad SMARTS) is 1. The molecular weight excluding hydrogens is 880 g/mol. The van der Waals surface area contributed by atoms with Crippen molar-refractivity contribution in [2.24, 2.45) is 0 Å². The van der Waals surface area contributed by atoms with Crippen molar-refractivity contribution in [1.29, 1.82) is 0 Å². The number of aromatic carboxylic acids is 1. The van der Waals surface area contributed by atoms with Crippen molar-refractivity contribution < 1.29 is 19.5 Å². The number of benzene rings is 4. The van der Waals surface area contributed by atoms with Gasteiger partial charge in [0.05, 0.1) is 30.0 Å². The Morgan fingerprint density at radius 3 is 1.45 bits per heavy atom. The Hall–Kier alpha value is -6.16. The van der Waals surface area contributed by atoms with E-state index in [0.717, 1.165) is 52.9 Å². The van der Waals surface area contributed by atoms with Crippen LogP contribution in [0.1, 0.15) is 53.8 Å². The molecule has 0 fully saturated rings. The van der Waals surface area contributed by atoms with Gasteiger partial charge in [-0.05, 0) is 108 Å². The maximum atomic E-state index is 12.8. The van der Waals surface area contributed by atoms with Gasteiger partial charge in [0.2, 0.25) is 0 Å². The Balaban J connectivity index is 0.000000177. The summed E-state index contributed by atoms with van der Waals surface area (Å²) >= 11 is 5.44. The summed E-state index contributed by atoms with van der Waals surface area (Å²) in [6.45, 7) is 4.98. The quantitative estimate of drug-likeness (QED) is 0.111. The van der Waals surface area contributed by atoms with Crippen molar-refractivity contribution in [1.82, 2.24) is 19.1 Å². The molecule has 0 unspecified atom stereocenters. The van der Waals surface area contributed by atoms with E-state index in [4.69, 9.17) is 15.1 Å². The van der Waals surface area contributed by atoms with E-state index in [-0.39, 0.29) is 17.4 Å². The largest absolute Gasteiger partial charge is 0.478 e. The molecule has 8 aromatic rings. The first-order valence-corrected chi connectivity index (χ1v) is 21.0. The lowest BCUT2D eigenvalue weighted by molar-refractivity contribution is 0.0696. The Kier molecular flexibility index (Phi) is 12.7. The summed E-state index contributed by atoms with van der Waals surface area (Å²) in [6, 6.07) is 37.7. The molecule has 0 radical (unpaired) electrons. The Morgan fingerprint density at radius 2 is 1.03 bits per heavy atom. The van der Waals surface area contributed by atoms with E-state index in [1.54, 1.807) is 34.8 Å². The van der Waals surface area contributed by atoms with Crippen LogP contribution in [0.15, 0.2) is 144 Å². The van der Waals surface area contributed by atoms with Crippen LogP contribution in [-0.2, 0) is 13.1 Å². The molecule has 0 aliphatic heterocycles. The van der Waals surface area contributed by atoms with Gasteiger partial charge in [-0.3, -0.25) is 9.59 Å².